The number of aromatic nitrogens is 4. The van der Waals surface area contributed by atoms with Crippen molar-refractivity contribution in [1.29, 1.82) is 0 Å². The summed E-state index contributed by atoms with van der Waals surface area (Å²) in [6.45, 7) is 2.45. The molecule has 168 valence electrons. The SMILES string of the molecule is Cc1nc(S(=O)(=O)N2C[C@@H](COc3cnccn3)[C@@H]3COc4ccc(F)cc4[C@@H]32)cn1C. The highest BCUT2D eigenvalue weighted by molar-refractivity contribution is 7.89. The van der Waals surface area contributed by atoms with Gasteiger partial charge < -0.3 is 14.0 Å². The Bertz CT molecular complexity index is 1230. The van der Waals surface area contributed by atoms with E-state index in [4.69, 9.17) is 9.47 Å². The Morgan fingerprint density at radius 2 is 2.16 bits per heavy atom. The van der Waals surface area contributed by atoms with Crippen molar-refractivity contribution in [3.8, 4) is 11.6 Å². The molecule has 32 heavy (non-hydrogen) atoms. The summed E-state index contributed by atoms with van der Waals surface area (Å²) in [5.74, 6) is 0.562. The number of hydrogen-bond acceptors (Lipinski definition) is 7. The van der Waals surface area contributed by atoms with E-state index in [1.807, 2.05) is 0 Å². The van der Waals surface area contributed by atoms with Crippen LogP contribution in [0.1, 0.15) is 17.4 Å². The summed E-state index contributed by atoms with van der Waals surface area (Å²) in [5.41, 5.74) is 0.513. The predicted molar refractivity (Wildman–Crippen MR) is 111 cm³/mol. The van der Waals surface area contributed by atoms with Crippen LogP contribution >= 0.6 is 0 Å². The molecule has 0 saturated carbocycles. The number of nitrogens with zero attached hydrogens (tertiary/aromatic N) is 5. The topological polar surface area (TPSA) is 99.4 Å². The minimum absolute atomic E-state index is 0.0313. The summed E-state index contributed by atoms with van der Waals surface area (Å²) in [4.78, 5) is 12.3. The van der Waals surface area contributed by atoms with E-state index in [0.29, 0.717) is 29.6 Å². The Labute approximate surface area is 184 Å². The first-order valence-corrected chi connectivity index (χ1v) is 11.6. The number of aryl methyl sites for hydroxylation is 2. The molecule has 1 aromatic carbocycles. The van der Waals surface area contributed by atoms with Crippen molar-refractivity contribution in [1.82, 2.24) is 23.8 Å². The average molecular weight is 460 g/mol. The summed E-state index contributed by atoms with van der Waals surface area (Å²) >= 11 is 0. The first-order valence-electron chi connectivity index (χ1n) is 10.2. The predicted octanol–water partition coefficient (Wildman–Crippen LogP) is 2.11. The minimum Gasteiger partial charge on any atom is -0.493 e. The number of imidazole rings is 1. The summed E-state index contributed by atoms with van der Waals surface area (Å²) in [6, 6.07) is 3.62. The zero-order valence-electron chi connectivity index (χ0n) is 17.6. The Morgan fingerprint density at radius 1 is 1.31 bits per heavy atom. The monoisotopic (exact) mass is 459 g/mol. The maximum absolute atomic E-state index is 14.1. The van der Waals surface area contributed by atoms with Gasteiger partial charge in [0.2, 0.25) is 5.88 Å². The van der Waals surface area contributed by atoms with Crippen molar-refractivity contribution in [2.24, 2.45) is 18.9 Å². The quantitative estimate of drug-likeness (QED) is 0.576. The molecule has 0 spiro atoms. The minimum atomic E-state index is -3.94. The lowest BCUT2D eigenvalue weighted by Crippen LogP contribution is -2.35. The van der Waals surface area contributed by atoms with Crippen molar-refractivity contribution in [2.45, 2.75) is 18.0 Å². The van der Waals surface area contributed by atoms with Crippen LogP contribution in [0.2, 0.25) is 0 Å². The van der Waals surface area contributed by atoms with E-state index in [1.165, 1.54) is 35.0 Å². The molecule has 5 rings (SSSR count). The molecule has 9 nitrogen and oxygen atoms in total. The van der Waals surface area contributed by atoms with Gasteiger partial charge >= 0.3 is 0 Å². The van der Waals surface area contributed by atoms with Crippen molar-refractivity contribution in [2.75, 3.05) is 19.8 Å². The molecule has 0 unspecified atom stereocenters. The van der Waals surface area contributed by atoms with Gasteiger partial charge in [0.1, 0.15) is 17.4 Å². The van der Waals surface area contributed by atoms with Crippen LogP contribution in [0.3, 0.4) is 0 Å². The fraction of sp³-hybridized carbons (Fsp3) is 0.381. The molecule has 2 aliphatic rings. The highest BCUT2D eigenvalue weighted by Crippen LogP contribution is 2.49. The standard InChI is InChI=1S/C21H22FN5O4S/c1-13-25-20(10-26(13)2)32(28,29)27-9-14(11-31-19-8-23-5-6-24-19)17-12-30-18-4-3-15(22)7-16(18)21(17)27/h3-8,10,14,17,21H,9,11-12H2,1-2H3/t14-,17-,21-/m0/s1. The fourth-order valence-electron chi connectivity index (χ4n) is 4.38. The fourth-order valence-corrected chi connectivity index (χ4v) is 6.12. The first-order chi connectivity index (χ1) is 15.3. The second-order valence-electron chi connectivity index (χ2n) is 8.03. The van der Waals surface area contributed by atoms with Crippen LogP contribution < -0.4 is 9.47 Å². The second-order valence-corrected chi connectivity index (χ2v) is 9.87. The highest BCUT2D eigenvalue weighted by atomic mass is 32.2. The van der Waals surface area contributed by atoms with Crippen LogP contribution in [0, 0.1) is 24.6 Å². The number of fused-ring (bicyclic) bond motifs is 3. The van der Waals surface area contributed by atoms with Crippen molar-refractivity contribution >= 4 is 10.0 Å². The third kappa shape index (κ3) is 3.51. The van der Waals surface area contributed by atoms with Crippen LogP contribution in [0.25, 0.3) is 0 Å². The number of rotatable bonds is 5. The Morgan fingerprint density at radius 3 is 2.88 bits per heavy atom. The molecule has 0 aliphatic carbocycles. The maximum Gasteiger partial charge on any atom is 0.262 e. The molecular weight excluding hydrogens is 437 g/mol. The van der Waals surface area contributed by atoms with Crippen LogP contribution in [0.5, 0.6) is 11.6 Å². The van der Waals surface area contributed by atoms with Gasteiger partial charge in [-0.15, -0.1) is 0 Å². The van der Waals surface area contributed by atoms with Gasteiger partial charge in [-0.2, -0.15) is 4.31 Å². The molecule has 1 fully saturated rings. The van der Waals surface area contributed by atoms with Crippen LogP contribution in [0.15, 0.2) is 48.0 Å². The van der Waals surface area contributed by atoms with Gasteiger partial charge in [-0.3, -0.25) is 4.98 Å². The largest absolute Gasteiger partial charge is 0.493 e. The Hall–Kier alpha value is -3.05. The van der Waals surface area contributed by atoms with E-state index in [2.05, 4.69) is 15.0 Å². The number of hydrogen-bond donors (Lipinski definition) is 0. The summed E-state index contributed by atoms with van der Waals surface area (Å²) in [7, 11) is -2.20. The van der Waals surface area contributed by atoms with Crippen LogP contribution in [-0.2, 0) is 17.1 Å². The summed E-state index contributed by atoms with van der Waals surface area (Å²) in [5, 5.41) is -0.0313. The maximum atomic E-state index is 14.1. The number of benzene rings is 1. The van der Waals surface area contributed by atoms with Gasteiger partial charge in [0.25, 0.3) is 10.0 Å². The lowest BCUT2D eigenvalue weighted by Gasteiger charge is -2.33. The van der Waals surface area contributed by atoms with Gasteiger partial charge in [0, 0.05) is 49.6 Å². The molecule has 11 heteroatoms. The van der Waals surface area contributed by atoms with E-state index >= 15 is 0 Å². The molecule has 2 aromatic heterocycles. The molecule has 4 heterocycles. The van der Waals surface area contributed by atoms with E-state index in [9.17, 15) is 12.8 Å². The molecule has 0 N–H and O–H groups in total. The molecule has 0 radical (unpaired) electrons. The Kier molecular flexibility index (Phi) is 5.09. The summed E-state index contributed by atoms with van der Waals surface area (Å²) < 4.78 is 56.1. The van der Waals surface area contributed by atoms with E-state index in [0.717, 1.165) is 0 Å². The van der Waals surface area contributed by atoms with Crippen LogP contribution in [0.4, 0.5) is 4.39 Å². The van der Waals surface area contributed by atoms with Gasteiger partial charge in [0.05, 0.1) is 25.5 Å². The molecule has 0 amide bonds. The lowest BCUT2D eigenvalue weighted by atomic mass is 9.86. The molecule has 3 aromatic rings. The molecular formula is C21H22FN5O4S. The second kappa shape index (κ2) is 7.82. The van der Waals surface area contributed by atoms with E-state index in [1.54, 1.807) is 30.8 Å². The third-order valence-electron chi connectivity index (χ3n) is 6.10. The van der Waals surface area contributed by atoms with Crippen molar-refractivity contribution in [3.63, 3.8) is 0 Å². The van der Waals surface area contributed by atoms with Crippen molar-refractivity contribution < 1.29 is 22.3 Å². The van der Waals surface area contributed by atoms with Crippen molar-refractivity contribution in [3.05, 3.63) is 60.2 Å². The van der Waals surface area contributed by atoms with Gasteiger partial charge in [-0.1, -0.05) is 0 Å². The number of sulfonamides is 1. The van der Waals surface area contributed by atoms with Crippen LogP contribution in [-0.4, -0.2) is 52.0 Å². The molecule has 2 aliphatic heterocycles. The molecule has 0 bridgehead atoms. The molecule has 1 saturated heterocycles. The van der Waals surface area contributed by atoms with E-state index in [-0.39, 0.29) is 30.0 Å². The third-order valence-corrected chi connectivity index (χ3v) is 7.82. The summed E-state index contributed by atoms with van der Waals surface area (Å²) in [6.07, 6.45) is 6.06. The number of halogens is 1. The smallest absolute Gasteiger partial charge is 0.262 e. The first kappa shape index (κ1) is 20.8. The Balaban J connectivity index is 1.53. The van der Waals surface area contributed by atoms with Gasteiger partial charge in [-0.25, -0.2) is 22.8 Å². The zero-order chi connectivity index (χ0) is 22.5. The number of ether oxygens (including phenoxy) is 2. The van der Waals surface area contributed by atoms with Gasteiger partial charge in [0.15, 0.2) is 5.03 Å². The average Bonchev–Trinajstić information content (AvgIpc) is 3.34. The zero-order valence-corrected chi connectivity index (χ0v) is 18.4. The normalized spacial score (nSPS) is 22.8. The lowest BCUT2D eigenvalue weighted by molar-refractivity contribution is 0.134. The van der Waals surface area contributed by atoms with Gasteiger partial charge in [-0.05, 0) is 25.1 Å². The molecule has 3 atom stereocenters. The van der Waals surface area contributed by atoms with E-state index < -0.39 is 21.9 Å². The highest BCUT2D eigenvalue weighted by Gasteiger charge is 2.51.